The van der Waals surface area contributed by atoms with E-state index in [1.54, 1.807) is 14.2 Å². The summed E-state index contributed by atoms with van der Waals surface area (Å²) < 4.78 is 10.6. The molecular formula is C14H21NO2. The van der Waals surface area contributed by atoms with Crippen molar-refractivity contribution in [1.82, 2.24) is 0 Å². The molecule has 1 unspecified atom stereocenters. The number of rotatable bonds is 4. The third-order valence-corrected chi connectivity index (χ3v) is 3.71. The highest BCUT2D eigenvalue weighted by molar-refractivity contribution is 5.42. The van der Waals surface area contributed by atoms with Crippen molar-refractivity contribution in [2.24, 2.45) is 11.7 Å². The Kier molecular flexibility index (Phi) is 3.89. The van der Waals surface area contributed by atoms with Crippen molar-refractivity contribution in [2.75, 3.05) is 14.2 Å². The van der Waals surface area contributed by atoms with Crippen LogP contribution >= 0.6 is 0 Å². The second kappa shape index (κ2) is 5.41. The third-order valence-electron chi connectivity index (χ3n) is 3.71. The molecule has 0 saturated heterocycles. The van der Waals surface area contributed by atoms with E-state index in [-0.39, 0.29) is 6.04 Å². The van der Waals surface area contributed by atoms with Gasteiger partial charge in [0.15, 0.2) is 0 Å². The van der Waals surface area contributed by atoms with Crippen LogP contribution in [-0.2, 0) is 0 Å². The highest BCUT2D eigenvalue weighted by Crippen LogP contribution is 2.38. The van der Waals surface area contributed by atoms with Gasteiger partial charge in [-0.2, -0.15) is 0 Å². The van der Waals surface area contributed by atoms with Crippen molar-refractivity contribution in [3.05, 3.63) is 23.8 Å². The zero-order chi connectivity index (χ0) is 12.3. The first-order valence-corrected chi connectivity index (χ1v) is 6.23. The minimum atomic E-state index is 0.0818. The summed E-state index contributed by atoms with van der Waals surface area (Å²) in [7, 11) is 3.34. The predicted octanol–water partition coefficient (Wildman–Crippen LogP) is 2.89. The maximum atomic E-state index is 6.35. The lowest BCUT2D eigenvalue weighted by Crippen LogP contribution is -2.19. The van der Waals surface area contributed by atoms with Crippen LogP contribution in [0.1, 0.15) is 37.3 Å². The van der Waals surface area contributed by atoms with Gasteiger partial charge >= 0.3 is 0 Å². The van der Waals surface area contributed by atoms with Crippen molar-refractivity contribution in [2.45, 2.75) is 31.7 Å². The van der Waals surface area contributed by atoms with Crippen molar-refractivity contribution in [3.63, 3.8) is 0 Å². The maximum absolute atomic E-state index is 6.35. The Morgan fingerprint density at radius 2 is 1.88 bits per heavy atom. The molecule has 2 N–H and O–H groups in total. The van der Waals surface area contributed by atoms with E-state index < -0.39 is 0 Å². The van der Waals surface area contributed by atoms with Crippen LogP contribution in [0.2, 0.25) is 0 Å². The van der Waals surface area contributed by atoms with E-state index in [1.807, 2.05) is 18.2 Å². The first-order valence-electron chi connectivity index (χ1n) is 6.23. The molecule has 3 heteroatoms. The topological polar surface area (TPSA) is 44.5 Å². The molecule has 94 valence electrons. The summed E-state index contributed by atoms with van der Waals surface area (Å²) in [6.07, 6.45) is 5.07. The fraction of sp³-hybridized carbons (Fsp3) is 0.571. The van der Waals surface area contributed by atoms with E-state index in [4.69, 9.17) is 15.2 Å². The molecule has 1 fully saturated rings. The first kappa shape index (κ1) is 12.2. The van der Waals surface area contributed by atoms with Gasteiger partial charge in [0.05, 0.1) is 14.2 Å². The van der Waals surface area contributed by atoms with Gasteiger partial charge in [-0.25, -0.2) is 0 Å². The van der Waals surface area contributed by atoms with E-state index in [0.29, 0.717) is 5.92 Å². The summed E-state index contributed by atoms with van der Waals surface area (Å²) in [6, 6.07) is 5.97. The van der Waals surface area contributed by atoms with Gasteiger partial charge in [0.1, 0.15) is 11.5 Å². The number of ether oxygens (including phenoxy) is 2. The molecule has 17 heavy (non-hydrogen) atoms. The van der Waals surface area contributed by atoms with Gasteiger partial charge in [-0.05, 0) is 24.8 Å². The van der Waals surface area contributed by atoms with Gasteiger partial charge < -0.3 is 15.2 Å². The molecule has 0 aromatic heterocycles. The molecule has 0 spiro atoms. The van der Waals surface area contributed by atoms with Crippen LogP contribution in [0.25, 0.3) is 0 Å². The first-order chi connectivity index (χ1) is 8.26. The average molecular weight is 235 g/mol. The Morgan fingerprint density at radius 3 is 2.47 bits per heavy atom. The zero-order valence-electron chi connectivity index (χ0n) is 10.6. The third kappa shape index (κ3) is 2.55. The summed E-state index contributed by atoms with van der Waals surface area (Å²) in [5.74, 6) is 2.24. The molecule has 1 aliphatic rings. The van der Waals surface area contributed by atoms with E-state index in [2.05, 4.69) is 0 Å². The smallest absolute Gasteiger partial charge is 0.127 e. The summed E-state index contributed by atoms with van der Waals surface area (Å²) in [5.41, 5.74) is 7.44. The lowest BCUT2D eigenvalue weighted by molar-refractivity contribution is 0.375. The highest BCUT2D eigenvalue weighted by atomic mass is 16.5. The lowest BCUT2D eigenvalue weighted by atomic mass is 9.92. The van der Waals surface area contributed by atoms with Crippen LogP contribution in [0.4, 0.5) is 0 Å². The van der Waals surface area contributed by atoms with Gasteiger partial charge in [0.2, 0.25) is 0 Å². The molecule has 0 bridgehead atoms. The van der Waals surface area contributed by atoms with Crippen LogP contribution < -0.4 is 15.2 Å². The molecule has 1 aromatic carbocycles. The van der Waals surface area contributed by atoms with Crippen LogP contribution in [0.15, 0.2) is 18.2 Å². The summed E-state index contributed by atoms with van der Waals surface area (Å²) >= 11 is 0. The van der Waals surface area contributed by atoms with Gasteiger partial charge in [-0.15, -0.1) is 0 Å². The molecule has 0 radical (unpaired) electrons. The van der Waals surface area contributed by atoms with Gasteiger partial charge in [0, 0.05) is 17.7 Å². The molecule has 3 nitrogen and oxygen atoms in total. The van der Waals surface area contributed by atoms with Crippen molar-refractivity contribution in [1.29, 1.82) is 0 Å². The summed E-state index contributed by atoms with van der Waals surface area (Å²) in [5, 5.41) is 0. The molecule has 0 heterocycles. The Balaban J connectivity index is 2.23. The second-order valence-electron chi connectivity index (χ2n) is 4.68. The number of nitrogens with two attached hydrogens (primary N) is 1. The normalized spacial score (nSPS) is 18.1. The number of methoxy groups -OCH3 is 2. The van der Waals surface area contributed by atoms with Gasteiger partial charge in [-0.1, -0.05) is 18.9 Å². The SMILES string of the molecule is COc1ccc(C(N)C2CCCC2)c(OC)c1. The Bertz CT molecular complexity index is 372. The monoisotopic (exact) mass is 235 g/mol. The number of hydrogen-bond donors (Lipinski definition) is 1. The summed E-state index contributed by atoms with van der Waals surface area (Å²) in [6.45, 7) is 0. The minimum Gasteiger partial charge on any atom is -0.497 e. The van der Waals surface area contributed by atoms with Crippen LogP contribution in [0.3, 0.4) is 0 Å². The molecule has 2 rings (SSSR count). The molecule has 0 aliphatic heterocycles. The molecular weight excluding hydrogens is 214 g/mol. The fourth-order valence-corrected chi connectivity index (χ4v) is 2.66. The Hall–Kier alpha value is -1.22. The van der Waals surface area contributed by atoms with Crippen molar-refractivity contribution < 1.29 is 9.47 Å². The number of hydrogen-bond acceptors (Lipinski definition) is 3. The van der Waals surface area contributed by atoms with E-state index >= 15 is 0 Å². The second-order valence-corrected chi connectivity index (χ2v) is 4.68. The highest BCUT2D eigenvalue weighted by Gasteiger charge is 2.25. The predicted molar refractivity (Wildman–Crippen MR) is 68.4 cm³/mol. The standard InChI is InChI=1S/C14H21NO2/c1-16-11-7-8-12(13(9-11)17-2)14(15)10-5-3-4-6-10/h7-10,14H,3-6,15H2,1-2H3. The number of benzene rings is 1. The van der Waals surface area contributed by atoms with E-state index in [1.165, 1.54) is 25.7 Å². The molecule has 1 atom stereocenters. The van der Waals surface area contributed by atoms with Gasteiger partial charge in [-0.3, -0.25) is 0 Å². The lowest BCUT2D eigenvalue weighted by Gasteiger charge is -2.21. The average Bonchev–Trinajstić information content (AvgIpc) is 2.91. The molecule has 1 aromatic rings. The molecule has 1 saturated carbocycles. The van der Waals surface area contributed by atoms with Crippen molar-refractivity contribution >= 4 is 0 Å². The fourth-order valence-electron chi connectivity index (χ4n) is 2.66. The largest absolute Gasteiger partial charge is 0.497 e. The Morgan fingerprint density at radius 1 is 1.18 bits per heavy atom. The van der Waals surface area contributed by atoms with E-state index in [0.717, 1.165) is 17.1 Å². The van der Waals surface area contributed by atoms with Crippen LogP contribution in [-0.4, -0.2) is 14.2 Å². The summed E-state index contributed by atoms with van der Waals surface area (Å²) in [4.78, 5) is 0. The zero-order valence-corrected chi connectivity index (χ0v) is 10.6. The minimum absolute atomic E-state index is 0.0818. The Labute approximate surface area is 103 Å². The molecule has 0 amide bonds. The van der Waals surface area contributed by atoms with Crippen LogP contribution in [0, 0.1) is 5.92 Å². The van der Waals surface area contributed by atoms with Crippen LogP contribution in [0.5, 0.6) is 11.5 Å². The quantitative estimate of drug-likeness (QED) is 0.872. The van der Waals surface area contributed by atoms with Crippen molar-refractivity contribution in [3.8, 4) is 11.5 Å². The molecule has 1 aliphatic carbocycles. The maximum Gasteiger partial charge on any atom is 0.127 e. The van der Waals surface area contributed by atoms with E-state index in [9.17, 15) is 0 Å². The van der Waals surface area contributed by atoms with Gasteiger partial charge in [0.25, 0.3) is 0 Å².